The lowest BCUT2D eigenvalue weighted by Gasteiger charge is -2.04. The van der Waals surface area contributed by atoms with Crippen LogP contribution in [0.25, 0.3) is 0 Å². The average molecular weight is 257 g/mol. The Morgan fingerprint density at radius 3 is 3.00 bits per heavy atom. The quantitative estimate of drug-likeness (QED) is 0.882. The number of nitriles is 1. The molecule has 0 radical (unpaired) electrons. The van der Waals surface area contributed by atoms with Gasteiger partial charge in [-0.15, -0.1) is 0 Å². The van der Waals surface area contributed by atoms with Gasteiger partial charge in [0, 0.05) is 25.1 Å². The van der Waals surface area contributed by atoms with Crippen LogP contribution in [0.3, 0.4) is 0 Å². The molecule has 6 nitrogen and oxygen atoms in total. The topological polar surface area (TPSA) is 87.6 Å². The molecule has 2 rings (SSSR count). The van der Waals surface area contributed by atoms with E-state index in [9.17, 15) is 0 Å². The highest BCUT2D eigenvalue weighted by Crippen LogP contribution is 2.11. The second-order valence-corrected chi connectivity index (χ2v) is 4.39. The van der Waals surface area contributed by atoms with Crippen molar-refractivity contribution in [1.29, 1.82) is 5.26 Å². The summed E-state index contributed by atoms with van der Waals surface area (Å²) in [4.78, 5) is 8.39. The summed E-state index contributed by atoms with van der Waals surface area (Å²) in [5.74, 6) is 2.14. The van der Waals surface area contributed by atoms with Crippen molar-refractivity contribution >= 4 is 5.82 Å². The first-order valence-corrected chi connectivity index (χ1v) is 6.12. The van der Waals surface area contributed by atoms with Crippen LogP contribution < -0.4 is 5.32 Å². The van der Waals surface area contributed by atoms with E-state index < -0.39 is 0 Å². The average Bonchev–Trinajstić information content (AvgIpc) is 2.88. The molecule has 0 spiro atoms. The number of nitrogens with zero attached hydrogens (tertiary/aromatic N) is 4. The Balaban J connectivity index is 1.91. The van der Waals surface area contributed by atoms with Gasteiger partial charge in [-0.1, -0.05) is 19.0 Å². The molecular weight excluding hydrogens is 242 g/mol. The third-order valence-electron chi connectivity index (χ3n) is 2.56. The van der Waals surface area contributed by atoms with E-state index in [1.165, 1.54) is 0 Å². The van der Waals surface area contributed by atoms with Crippen molar-refractivity contribution < 1.29 is 4.52 Å². The fourth-order valence-corrected chi connectivity index (χ4v) is 1.53. The highest BCUT2D eigenvalue weighted by molar-refractivity contribution is 5.51. The molecule has 2 aromatic rings. The van der Waals surface area contributed by atoms with Crippen molar-refractivity contribution in [2.45, 2.75) is 26.2 Å². The summed E-state index contributed by atoms with van der Waals surface area (Å²) in [5, 5.41) is 15.9. The fourth-order valence-electron chi connectivity index (χ4n) is 1.53. The minimum atomic E-state index is 0.256. The van der Waals surface area contributed by atoms with Gasteiger partial charge in [0.2, 0.25) is 5.89 Å². The maximum Gasteiger partial charge on any atom is 0.228 e. The first kappa shape index (κ1) is 13.0. The first-order chi connectivity index (χ1) is 9.20. The van der Waals surface area contributed by atoms with Crippen molar-refractivity contribution in [2.75, 3.05) is 11.9 Å². The van der Waals surface area contributed by atoms with Crippen LogP contribution in [0.2, 0.25) is 0 Å². The predicted molar refractivity (Wildman–Crippen MR) is 69.5 cm³/mol. The number of hydrogen-bond acceptors (Lipinski definition) is 6. The highest BCUT2D eigenvalue weighted by atomic mass is 16.5. The molecular formula is C13H15N5O. The molecule has 0 aliphatic heterocycles. The number of rotatable bonds is 5. The fraction of sp³-hybridized carbons (Fsp3) is 0.385. The van der Waals surface area contributed by atoms with E-state index >= 15 is 0 Å². The molecule has 0 amide bonds. The van der Waals surface area contributed by atoms with Crippen LogP contribution in [0.1, 0.15) is 37.0 Å². The van der Waals surface area contributed by atoms with Gasteiger partial charge in [-0.25, -0.2) is 4.98 Å². The maximum atomic E-state index is 8.93. The lowest BCUT2D eigenvalue weighted by Crippen LogP contribution is -2.08. The Kier molecular flexibility index (Phi) is 4.08. The Hall–Kier alpha value is -2.42. The van der Waals surface area contributed by atoms with Gasteiger partial charge in [0.05, 0.1) is 5.56 Å². The van der Waals surface area contributed by atoms with Crippen LogP contribution in [0.15, 0.2) is 22.9 Å². The number of hydrogen-bond donors (Lipinski definition) is 1. The molecule has 2 aromatic heterocycles. The smallest absolute Gasteiger partial charge is 0.228 e. The van der Waals surface area contributed by atoms with E-state index in [1.54, 1.807) is 18.3 Å². The van der Waals surface area contributed by atoms with Crippen LogP contribution in [0.5, 0.6) is 0 Å². The summed E-state index contributed by atoms with van der Waals surface area (Å²) in [5.41, 5.74) is 0.524. The van der Waals surface area contributed by atoms with Crippen LogP contribution in [0, 0.1) is 11.3 Å². The zero-order valence-corrected chi connectivity index (χ0v) is 10.9. The first-order valence-electron chi connectivity index (χ1n) is 6.12. The molecule has 0 saturated heterocycles. The van der Waals surface area contributed by atoms with E-state index in [0.29, 0.717) is 36.1 Å². The number of aromatic nitrogens is 3. The minimum Gasteiger partial charge on any atom is -0.368 e. The molecule has 0 unspecified atom stereocenters. The zero-order chi connectivity index (χ0) is 13.7. The van der Waals surface area contributed by atoms with Crippen LogP contribution >= 0.6 is 0 Å². The molecule has 0 atom stereocenters. The second-order valence-electron chi connectivity index (χ2n) is 4.39. The molecule has 0 bridgehead atoms. The van der Waals surface area contributed by atoms with Crippen molar-refractivity contribution in [3.63, 3.8) is 0 Å². The predicted octanol–water partition coefficient (Wildman–Crippen LogP) is 2.11. The summed E-state index contributed by atoms with van der Waals surface area (Å²) >= 11 is 0. The highest BCUT2D eigenvalue weighted by Gasteiger charge is 2.09. The SMILES string of the molecule is CC(C)c1noc(CCNc2ncccc2C#N)n1. The summed E-state index contributed by atoms with van der Waals surface area (Å²) in [6.07, 6.45) is 2.24. The monoisotopic (exact) mass is 257 g/mol. The molecule has 19 heavy (non-hydrogen) atoms. The van der Waals surface area contributed by atoms with E-state index in [2.05, 4.69) is 26.5 Å². The summed E-state index contributed by atoms with van der Waals surface area (Å²) < 4.78 is 5.13. The molecule has 0 aromatic carbocycles. The lowest BCUT2D eigenvalue weighted by atomic mass is 10.2. The van der Waals surface area contributed by atoms with Gasteiger partial charge in [-0.3, -0.25) is 0 Å². The molecule has 0 aliphatic carbocycles. The molecule has 6 heteroatoms. The standard InChI is InChI=1S/C13H15N5O/c1-9(2)12-17-11(19-18-12)5-7-16-13-10(8-14)4-3-6-15-13/h3-4,6,9H,5,7H2,1-2H3,(H,15,16). The van der Waals surface area contributed by atoms with Gasteiger partial charge >= 0.3 is 0 Å². The molecule has 2 heterocycles. The van der Waals surface area contributed by atoms with Gasteiger partial charge in [-0.2, -0.15) is 10.2 Å². The number of pyridine rings is 1. The Labute approximate surface area is 111 Å². The maximum absolute atomic E-state index is 8.93. The van der Waals surface area contributed by atoms with E-state index in [4.69, 9.17) is 9.78 Å². The van der Waals surface area contributed by atoms with Gasteiger partial charge in [-0.05, 0) is 12.1 Å². The van der Waals surface area contributed by atoms with Crippen LogP contribution in [-0.2, 0) is 6.42 Å². The molecule has 1 N–H and O–H groups in total. The van der Waals surface area contributed by atoms with Crippen molar-refractivity contribution in [1.82, 2.24) is 15.1 Å². The third kappa shape index (κ3) is 3.28. The Bertz CT molecular complexity index is 585. The molecule has 98 valence electrons. The van der Waals surface area contributed by atoms with E-state index in [1.807, 2.05) is 13.8 Å². The lowest BCUT2D eigenvalue weighted by molar-refractivity contribution is 0.373. The number of anilines is 1. The normalized spacial score (nSPS) is 10.4. The molecule has 0 fully saturated rings. The van der Waals surface area contributed by atoms with Crippen molar-refractivity contribution in [3.05, 3.63) is 35.6 Å². The molecule has 0 saturated carbocycles. The Morgan fingerprint density at radius 2 is 2.32 bits per heavy atom. The van der Waals surface area contributed by atoms with Gasteiger partial charge in [0.15, 0.2) is 5.82 Å². The largest absolute Gasteiger partial charge is 0.368 e. The van der Waals surface area contributed by atoms with Crippen molar-refractivity contribution in [2.24, 2.45) is 0 Å². The summed E-state index contributed by atoms with van der Waals surface area (Å²) in [7, 11) is 0. The summed E-state index contributed by atoms with van der Waals surface area (Å²) in [6, 6.07) is 5.54. The van der Waals surface area contributed by atoms with E-state index in [0.717, 1.165) is 0 Å². The zero-order valence-electron chi connectivity index (χ0n) is 10.9. The number of nitrogens with one attached hydrogen (secondary N) is 1. The second kappa shape index (κ2) is 5.96. The van der Waals surface area contributed by atoms with Gasteiger partial charge in [0.1, 0.15) is 11.9 Å². The van der Waals surface area contributed by atoms with Crippen LogP contribution in [-0.4, -0.2) is 21.7 Å². The van der Waals surface area contributed by atoms with Gasteiger partial charge in [0.25, 0.3) is 0 Å². The van der Waals surface area contributed by atoms with Crippen molar-refractivity contribution in [3.8, 4) is 6.07 Å². The van der Waals surface area contributed by atoms with Crippen LogP contribution in [0.4, 0.5) is 5.82 Å². The van der Waals surface area contributed by atoms with E-state index in [-0.39, 0.29) is 5.92 Å². The summed E-state index contributed by atoms with van der Waals surface area (Å²) in [6.45, 7) is 4.62. The third-order valence-corrected chi connectivity index (χ3v) is 2.56. The molecule has 0 aliphatic rings. The Morgan fingerprint density at radius 1 is 1.47 bits per heavy atom. The van der Waals surface area contributed by atoms with Gasteiger partial charge < -0.3 is 9.84 Å². The minimum absolute atomic E-state index is 0.256.